The van der Waals surface area contributed by atoms with Gasteiger partial charge in [0.2, 0.25) is 0 Å². The number of nitrogens with zero attached hydrogens (tertiary/aromatic N) is 1. The van der Waals surface area contributed by atoms with E-state index in [1.165, 1.54) is 0 Å². The lowest BCUT2D eigenvalue weighted by Gasteiger charge is -2.16. The summed E-state index contributed by atoms with van der Waals surface area (Å²) in [6.45, 7) is 1.45. The van der Waals surface area contributed by atoms with Crippen molar-refractivity contribution < 1.29 is 14.4 Å². The molecule has 0 bridgehead atoms. The van der Waals surface area contributed by atoms with Crippen molar-refractivity contribution in [2.24, 2.45) is 0 Å². The second kappa shape index (κ2) is 2.98. The summed E-state index contributed by atoms with van der Waals surface area (Å²) >= 11 is 0. The minimum atomic E-state index is -4.04. The topological polar surface area (TPSA) is 72.8 Å². The van der Waals surface area contributed by atoms with Gasteiger partial charge in [-0.25, -0.2) is 9.57 Å². The zero-order valence-electron chi connectivity index (χ0n) is 5.53. The van der Waals surface area contributed by atoms with Crippen LogP contribution in [-0.4, -0.2) is 27.9 Å². The molecule has 60 valence electrons. The molecule has 0 aliphatic carbocycles. The van der Waals surface area contributed by atoms with Crippen molar-refractivity contribution in [2.75, 3.05) is 13.1 Å². The Morgan fingerprint density at radius 2 is 1.80 bits per heavy atom. The first-order chi connectivity index (χ1) is 4.58. The summed E-state index contributed by atoms with van der Waals surface area (Å²) in [4.78, 5) is 16.9. The largest absolute Gasteiger partial charge is 0.413 e. The van der Waals surface area contributed by atoms with Gasteiger partial charge in [-0.2, -0.15) is 5.20 Å². The Hall–Kier alpha value is 0.0700. The van der Waals surface area contributed by atoms with Crippen LogP contribution >= 0.6 is 7.75 Å². The van der Waals surface area contributed by atoms with E-state index >= 15 is 0 Å². The van der Waals surface area contributed by atoms with Crippen LogP contribution in [0.15, 0.2) is 0 Å². The van der Waals surface area contributed by atoms with E-state index in [4.69, 9.17) is 9.79 Å². The summed E-state index contributed by atoms with van der Waals surface area (Å²) in [5.74, 6) is 0. The summed E-state index contributed by atoms with van der Waals surface area (Å²) in [6.07, 6.45) is 2.01. The van der Waals surface area contributed by atoms with Gasteiger partial charge in [0, 0.05) is 13.1 Å². The third-order valence-electron chi connectivity index (χ3n) is 1.38. The maximum atomic E-state index is 10.3. The second-order valence-corrected chi connectivity index (χ2v) is 3.63. The normalized spacial score (nSPS) is 21.8. The highest BCUT2D eigenvalue weighted by Gasteiger charge is 2.19. The van der Waals surface area contributed by atoms with Crippen LogP contribution in [0.2, 0.25) is 0 Å². The van der Waals surface area contributed by atoms with Crippen molar-refractivity contribution in [2.45, 2.75) is 12.8 Å². The number of rotatable bonds is 2. The fourth-order valence-corrected chi connectivity index (χ4v) is 1.57. The van der Waals surface area contributed by atoms with E-state index in [0.717, 1.165) is 25.9 Å². The van der Waals surface area contributed by atoms with E-state index in [1.807, 2.05) is 0 Å². The molecule has 1 fully saturated rings. The van der Waals surface area contributed by atoms with Gasteiger partial charge < -0.3 is 9.79 Å². The standard InChI is InChI=1S/C4H11N2O3P/c7-10(8,9)5-6-3-1-2-4-6/h1-4H2,(H3,5,7,8,9). The molecule has 1 rings (SSSR count). The molecule has 0 amide bonds. The minimum absolute atomic E-state index is 0.727. The molecule has 0 spiro atoms. The van der Waals surface area contributed by atoms with E-state index in [2.05, 4.69) is 5.20 Å². The molecular formula is C4H11N2O3P. The van der Waals surface area contributed by atoms with Gasteiger partial charge in [0.25, 0.3) is 0 Å². The van der Waals surface area contributed by atoms with Crippen LogP contribution in [0.5, 0.6) is 0 Å². The molecule has 5 nitrogen and oxygen atoms in total. The summed E-state index contributed by atoms with van der Waals surface area (Å²) < 4.78 is 10.3. The van der Waals surface area contributed by atoms with Crippen LogP contribution in [0, 0.1) is 0 Å². The van der Waals surface area contributed by atoms with Crippen LogP contribution in [0.3, 0.4) is 0 Å². The third kappa shape index (κ3) is 2.77. The average molecular weight is 166 g/mol. The van der Waals surface area contributed by atoms with Gasteiger partial charge >= 0.3 is 7.75 Å². The predicted molar refractivity (Wildman–Crippen MR) is 36.0 cm³/mol. The molecular weight excluding hydrogens is 155 g/mol. The molecule has 0 saturated carbocycles. The van der Waals surface area contributed by atoms with Gasteiger partial charge in [0.1, 0.15) is 0 Å². The molecule has 1 heterocycles. The van der Waals surface area contributed by atoms with Crippen LogP contribution in [0.25, 0.3) is 0 Å². The Labute approximate surface area is 59.2 Å². The Morgan fingerprint density at radius 1 is 1.30 bits per heavy atom. The monoisotopic (exact) mass is 166 g/mol. The lowest BCUT2D eigenvalue weighted by molar-refractivity contribution is 0.245. The highest BCUT2D eigenvalue weighted by atomic mass is 31.2. The van der Waals surface area contributed by atoms with Crippen LogP contribution in [-0.2, 0) is 4.57 Å². The molecule has 0 aromatic heterocycles. The fourth-order valence-electron chi connectivity index (χ4n) is 1.00. The van der Waals surface area contributed by atoms with Gasteiger partial charge in [0.15, 0.2) is 0 Å². The van der Waals surface area contributed by atoms with E-state index in [9.17, 15) is 4.57 Å². The van der Waals surface area contributed by atoms with E-state index in [1.54, 1.807) is 5.01 Å². The van der Waals surface area contributed by atoms with Gasteiger partial charge in [-0.1, -0.05) is 0 Å². The van der Waals surface area contributed by atoms with Crippen molar-refractivity contribution in [3.63, 3.8) is 0 Å². The van der Waals surface area contributed by atoms with Gasteiger partial charge in [-0.05, 0) is 12.8 Å². The highest BCUT2D eigenvalue weighted by Crippen LogP contribution is 2.29. The van der Waals surface area contributed by atoms with E-state index in [0.29, 0.717) is 0 Å². The Kier molecular flexibility index (Phi) is 2.44. The first-order valence-electron chi connectivity index (χ1n) is 3.16. The lowest BCUT2D eigenvalue weighted by Crippen LogP contribution is -2.32. The maximum Gasteiger partial charge on any atom is 0.413 e. The molecule has 6 heteroatoms. The second-order valence-electron chi connectivity index (χ2n) is 2.34. The number of hydrogen-bond donors (Lipinski definition) is 3. The smallest absolute Gasteiger partial charge is 0.312 e. The van der Waals surface area contributed by atoms with Gasteiger partial charge in [-0.15, -0.1) is 0 Å². The van der Waals surface area contributed by atoms with Crippen LogP contribution in [0.1, 0.15) is 12.8 Å². The van der Waals surface area contributed by atoms with E-state index in [-0.39, 0.29) is 0 Å². The Morgan fingerprint density at radius 3 is 2.20 bits per heavy atom. The summed E-state index contributed by atoms with van der Waals surface area (Å²) in [5.41, 5.74) is 0. The molecule has 0 radical (unpaired) electrons. The summed E-state index contributed by atoms with van der Waals surface area (Å²) in [5, 5.41) is 3.67. The molecule has 1 aliphatic heterocycles. The number of hydrazine groups is 1. The van der Waals surface area contributed by atoms with Crippen molar-refractivity contribution >= 4 is 7.75 Å². The Bertz CT molecular complexity index is 151. The molecule has 1 saturated heterocycles. The maximum absolute atomic E-state index is 10.3. The zero-order valence-corrected chi connectivity index (χ0v) is 6.42. The first kappa shape index (κ1) is 8.17. The van der Waals surface area contributed by atoms with Gasteiger partial charge in [0.05, 0.1) is 0 Å². The Balaban J connectivity index is 2.31. The lowest BCUT2D eigenvalue weighted by atomic mass is 10.4. The molecule has 0 atom stereocenters. The predicted octanol–water partition coefficient (Wildman–Crippen LogP) is -0.321. The molecule has 10 heavy (non-hydrogen) atoms. The van der Waals surface area contributed by atoms with Crippen LogP contribution in [0.4, 0.5) is 0 Å². The van der Waals surface area contributed by atoms with Crippen molar-refractivity contribution in [3.8, 4) is 0 Å². The first-order valence-corrected chi connectivity index (χ1v) is 4.77. The average Bonchev–Trinajstić information content (AvgIpc) is 2.12. The number of hydrogen-bond acceptors (Lipinski definition) is 2. The quantitative estimate of drug-likeness (QED) is 0.490. The van der Waals surface area contributed by atoms with Crippen molar-refractivity contribution in [1.82, 2.24) is 10.2 Å². The van der Waals surface area contributed by atoms with Crippen molar-refractivity contribution in [3.05, 3.63) is 0 Å². The van der Waals surface area contributed by atoms with Gasteiger partial charge in [-0.3, -0.25) is 0 Å². The molecule has 1 aliphatic rings. The molecule has 0 aromatic carbocycles. The summed E-state index contributed by atoms with van der Waals surface area (Å²) in [7, 11) is -4.04. The third-order valence-corrected chi connectivity index (χ3v) is 1.92. The van der Waals surface area contributed by atoms with Crippen LogP contribution < -0.4 is 5.20 Å². The molecule has 3 N–H and O–H groups in total. The zero-order chi connectivity index (χ0) is 7.61. The van der Waals surface area contributed by atoms with Crippen molar-refractivity contribution in [1.29, 1.82) is 0 Å². The SMILES string of the molecule is O=P(O)(O)NN1CCCC1. The minimum Gasteiger partial charge on any atom is -0.312 e. The molecule has 0 unspecified atom stereocenters. The highest BCUT2D eigenvalue weighted by molar-refractivity contribution is 7.49. The fraction of sp³-hybridized carbons (Fsp3) is 1.00. The van der Waals surface area contributed by atoms with E-state index < -0.39 is 7.75 Å². The summed E-state index contributed by atoms with van der Waals surface area (Å²) in [6, 6.07) is 0. The molecule has 0 aromatic rings. The number of nitrogens with one attached hydrogen (secondary N) is 1.